The van der Waals surface area contributed by atoms with E-state index in [1.54, 1.807) is 32.0 Å². The highest BCUT2D eigenvalue weighted by molar-refractivity contribution is 6.00. The van der Waals surface area contributed by atoms with Crippen molar-refractivity contribution in [3.63, 3.8) is 0 Å². The third-order valence-corrected chi connectivity index (χ3v) is 7.49. The summed E-state index contributed by atoms with van der Waals surface area (Å²) in [6.45, 7) is 3.69. The van der Waals surface area contributed by atoms with Crippen molar-refractivity contribution < 1.29 is 37.3 Å². The summed E-state index contributed by atoms with van der Waals surface area (Å²) in [5.74, 6) is -0.989. The number of halogens is 3. The molecule has 3 heterocycles. The van der Waals surface area contributed by atoms with Gasteiger partial charge < -0.3 is 35.9 Å². The predicted molar refractivity (Wildman–Crippen MR) is 165 cm³/mol. The van der Waals surface area contributed by atoms with Crippen LogP contribution in [0.1, 0.15) is 32.3 Å². The van der Waals surface area contributed by atoms with Crippen LogP contribution >= 0.6 is 0 Å². The maximum Gasteiger partial charge on any atom is 0.416 e. The zero-order valence-corrected chi connectivity index (χ0v) is 25.4. The van der Waals surface area contributed by atoms with Crippen LogP contribution in [0.25, 0.3) is 22.3 Å². The van der Waals surface area contributed by atoms with Gasteiger partial charge in [-0.25, -0.2) is 14.8 Å². The Labute approximate surface area is 265 Å². The summed E-state index contributed by atoms with van der Waals surface area (Å²) in [6.07, 6.45) is -5.46. The lowest BCUT2D eigenvalue weighted by Gasteiger charge is -2.25. The van der Waals surface area contributed by atoms with E-state index < -0.39 is 41.4 Å². The van der Waals surface area contributed by atoms with Crippen LogP contribution < -0.4 is 26.7 Å². The molecule has 4 aromatic rings. The smallest absolute Gasteiger partial charge is 0.416 e. The quantitative estimate of drug-likeness (QED) is 0.168. The highest BCUT2D eigenvalue weighted by Gasteiger charge is 2.39. The first-order valence-corrected chi connectivity index (χ1v) is 14.4. The van der Waals surface area contributed by atoms with Crippen LogP contribution in [-0.4, -0.2) is 73.8 Å². The molecule has 0 spiro atoms. The Kier molecular flexibility index (Phi) is 9.19. The van der Waals surface area contributed by atoms with Crippen molar-refractivity contribution in [2.75, 3.05) is 30.1 Å². The van der Waals surface area contributed by atoms with Crippen LogP contribution in [-0.2, 0) is 15.7 Å². The molecule has 0 bridgehead atoms. The number of ether oxygens (including phenoxy) is 2. The number of amides is 2. The number of methoxy groups -OCH3 is 1. The number of aromatic nitrogens is 4. The Hall–Kier alpha value is -5.45. The fourth-order valence-electron chi connectivity index (χ4n) is 5.31. The van der Waals surface area contributed by atoms with Gasteiger partial charge in [-0.2, -0.15) is 18.2 Å². The summed E-state index contributed by atoms with van der Waals surface area (Å²) in [5.41, 5.74) is 4.50. The summed E-state index contributed by atoms with van der Waals surface area (Å²) >= 11 is 0. The van der Waals surface area contributed by atoms with Gasteiger partial charge in [0.15, 0.2) is 11.6 Å². The van der Waals surface area contributed by atoms with Gasteiger partial charge in [-0.3, -0.25) is 14.5 Å². The molecule has 0 saturated carbocycles. The molecule has 3 atom stereocenters. The third-order valence-electron chi connectivity index (χ3n) is 7.49. The zero-order valence-electron chi connectivity index (χ0n) is 25.4. The number of anilines is 3. The topological polar surface area (TPSA) is 198 Å². The van der Waals surface area contributed by atoms with Crippen LogP contribution in [0, 0.1) is 0 Å². The van der Waals surface area contributed by atoms with Gasteiger partial charge in [0.1, 0.15) is 11.6 Å². The standard InChI is InChI=1S/C30H31F3N8O6/c1-14(13-46-3)35-28-38-20(12-23(39-28)47-22-6-4-5-18-24(22)40-25(34)27(43)36-18)17-9-8-16(30(31,32)33)11-19(17)37-26(42)21-10-7-15(2)41(21)29(44)45/h4-6,8-9,11-12,14-15,21H,7,10,13H2,1-3H3,(H2,34,40)(H,36,43)(H,37,42)(H,44,45)(H,35,38,39)/t14-,15?,21?/m0/s1. The second-order valence-corrected chi connectivity index (χ2v) is 11.0. The number of carbonyl (C=O) groups excluding carboxylic acids is 1. The number of likely N-dealkylation sites (tertiary alicyclic amines) is 1. The van der Waals surface area contributed by atoms with E-state index in [9.17, 15) is 32.7 Å². The number of carboxylic acid groups (broad SMARTS) is 1. The first-order valence-electron chi connectivity index (χ1n) is 14.4. The van der Waals surface area contributed by atoms with Crippen molar-refractivity contribution in [3.8, 4) is 22.9 Å². The average Bonchev–Trinajstić information content (AvgIpc) is 3.39. The minimum absolute atomic E-state index is 0.0158. The Morgan fingerprint density at radius 3 is 2.64 bits per heavy atom. The molecule has 1 aliphatic heterocycles. The average molecular weight is 657 g/mol. The number of nitrogens with one attached hydrogen (secondary N) is 3. The van der Waals surface area contributed by atoms with Crippen molar-refractivity contribution in [1.82, 2.24) is 24.8 Å². The fraction of sp³-hybridized carbons (Fsp3) is 0.333. The number of aromatic amines is 1. The molecule has 1 saturated heterocycles. The van der Waals surface area contributed by atoms with E-state index in [-0.39, 0.29) is 64.9 Å². The second kappa shape index (κ2) is 13.1. The van der Waals surface area contributed by atoms with Gasteiger partial charge in [0.2, 0.25) is 17.7 Å². The predicted octanol–water partition coefficient (Wildman–Crippen LogP) is 4.69. The molecule has 2 aromatic heterocycles. The number of alkyl halides is 3. The number of H-pyrrole nitrogens is 1. The molecule has 5 rings (SSSR count). The third kappa shape index (κ3) is 7.19. The Morgan fingerprint density at radius 2 is 1.94 bits per heavy atom. The first-order chi connectivity index (χ1) is 22.2. The van der Waals surface area contributed by atoms with E-state index in [4.69, 9.17) is 15.2 Å². The molecule has 2 amide bonds. The number of carbonyl (C=O) groups is 2. The van der Waals surface area contributed by atoms with E-state index in [1.807, 2.05) is 0 Å². The first kappa shape index (κ1) is 32.9. The molecular formula is C30H31F3N8O6. The van der Waals surface area contributed by atoms with E-state index in [0.717, 1.165) is 23.1 Å². The minimum Gasteiger partial charge on any atom is -0.465 e. The molecule has 2 aromatic carbocycles. The maximum atomic E-state index is 13.8. The summed E-state index contributed by atoms with van der Waals surface area (Å²) in [6, 6.07) is 6.95. The largest absolute Gasteiger partial charge is 0.465 e. The highest BCUT2D eigenvalue weighted by Crippen LogP contribution is 2.38. The Bertz CT molecular complexity index is 1890. The van der Waals surface area contributed by atoms with Crippen molar-refractivity contribution in [1.29, 1.82) is 0 Å². The van der Waals surface area contributed by atoms with Gasteiger partial charge in [0.25, 0.3) is 5.56 Å². The van der Waals surface area contributed by atoms with Crippen molar-refractivity contribution in [2.24, 2.45) is 0 Å². The SMILES string of the molecule is COC[C@H](C)Nc1nc(Oc2cccc3[nH]c(=O)c(N)nc23)cc(-c2ccc(C(F)(F)F)cc2NC(=O)C2CCC(C)N2C(=O)O)n1. The van der Waals surface area contributed by atoms with Crippen LogP contribution in [0.2, 0.25) is 0 Å². The number of fused-ring (bicyclic) bond motifs is 1. The molecule has 47 heavy (non-hydrogen) atoms. The normalized spacial score (nSPS) is 17.0. The molecule has 2 unspecified atom stereocenters. The number of hydrogen-bond acceptors (Lipinski definition) is 10. The lowest BCUT2D eigenvalue weighted by molar-refractivity contribution is -0.137. The van der Waals surface area contributed by atoms with Crippen LogP contribution in [0.4, 0.5) is 35.4 Å². The van der Waals surface area contributed by atoms with Crippen LogP contribution in [0.5, 0.6) is 11.6 Å². The van der Waals surface area contributed by atoms with Gasteiger partial charge in [-0.15, -0.1) is 0 Å². The molecule has 0 radical (unpaired) electrons. The second-order valence-electron chi connectivity index (χ2n) is 11.0. The number of hydrogen-bond donors (Lipinski definition) is 5. The van der Waals surface area contributed by atoms with Crippen molar-refractivity contribution in [2.45, 2.75) is 51.0 Å². The van der Waals surface area contributed by atoms with Gasteiger partial charge in [0.05, 0.1) is 29.1 Å². The van der Waals surface area contributed by atoms with Crippen molar-refractivity contribution >= 4 is 40.5 Å². The number of nitrogens with two attached hydrogens (primary N) is 1. The molecule has 1 aliphatic rings. The summed E-state index contributed by atoms with van der Waals surface area (Å²) in [5, 5.41) is 15.2. The van der Waals surface area contributed by atoms with E-state index in [1.165, 1.54) is 13.2 Å². The molecule has 248 valence electrons. The number of nitrogen functional groups attached to an aromatic ring is 1. The van der Waals surface area contributed by atoms with E-state index >= 15 is 0 Å². The Morgan fingerprint density at radius 1 is 1.17 bits per heavy atom. The Balaban J connectivity index is 1.61. The summed E-state index contributed by atoms with van der Waals surface area (Å²) in [7, 11) is 1.50. The molecule has 6 N–H and O–H groups in total. The monoisotopic (exact) mass is 656 g/mol. The van der Waals surface area contributed by atoms with Gasteiger partial charge >= 0.3 is 12.3 Å². The molecule has 0 aliphatic carbocycles. The van der Waals surface area contributed by atoms with Crippen LogP contribution in [0.15, 0.2) is 47.3 Å². The zero-order chi connectivity index (χ0) is 34.0. The summed E-state index contributed by atoms with van der Waals surface area (Å²) in [4.78, 5) is 53.8. The maximum absolute atomic E-state index is 13.8. The molecule has 17 heteroatoms. The summed E-state index contributed by atoms with van der Waals surface area (Å²) < 4.78 is 52.7. The fourth-order valence-corrected chi connectivity index (χ4v) is 5.31. The van der Waals surface area contributed by atoms with E-state index in [2.05, 4.69) is 30.6 Å². The lowest BCUT2D eigenvalue weighted by atomic mass is 10.0. The lowest BCUT2D eigenvalue weighted by Crippen LogP contribution is -2.45. The number of benzene rings is 2. The molecule has 14 nitrogen and oxygen atoms in total. The van der Waals surface area contributed by atoms with Gasteiger partial charge in [-0.05, 0) is 51.0 Å². The van der Waals surface area contributed by atoms with E-state index in [0.29, 0.717) is 11.9 Å². The minimum atomic E-state index is -4.75. The van der Waals surface area contributed by atoms with Gasteiger partial charge in [0, 0.05) is 30.8 Å². The van der Waals surface area contributed by atoms with Crippen molar-refractivity contribution in [3.05, 3.63) is 58.4 Å². The number of nitrogens with zero attached hydrogens (tertiary/aromatic N) is 4. The number of rotatable bonds is 9. The highest BCUT2D eigenvalue weighted by atomic mass is 19.4. The number of para-hydroxylation sites is 1. The molecular weight excluding hydrogens is 625 g/mol. The van der Waals surface area contributed by atoms with Crippen LogP contribution in [0.3, 0.4) is 0 Å². The molecule has 1 fully saturated rings. The van der Waals surface area contributed by atoms with Gasteiger partial charge in [-0.1, -0.05) is 12.1 Å².